The fourth-order valence-corrected chi connectivity index (χ4v) is 1.66. The number of hydrogen-bond donors (Lipinski definition) is 2. The number of aryl methyl sites for hydroxylation is 1. The highest BCUT2D eigenvalue weighted by Gasteiger charge is 2.01. The number of fused-ring (bicyclic) bond motifs is 1. The molecule has 2 rings (SSSR count). The molecule has 0 spiro atoms. The van der Waals surface area contributed by atoms with Crippen molar-refractivity contribution in [2.45, 2.75) is 6.42 Å². The Kier molecular flexibility index (Phi) is 2.22. The molecular weight excluding hydrogens is 230 g/mol. The fourth-order valence-electron chi connectivity index (χ4n) is 1.29. The smallest absolute Gasteiger partial charge is 0.108 e. The Morgan fingerprint density at radius 3 is 3.08 bits per heavy atom. The van der Waals surface area contributed by atoms with E-state index in [0.29, 0.717) is 0 Å². The summed E-state index contributed by atoms with van der Waals surface area (Å²) in [6.07, 6.45) is 0.911. The SMILES string of the molecule is Nc1ccc2nc(CCBr)[nH]c2c1. The number of H-pyrrole nitrogens is 1. The second-order valence-corrected chi connectivity index (χ2v) is 3.69. The van der Waals surface area contributed by atoms with Gasteiger partial charge in [-0.1, -0.05) is 15.9 Å². The Morgan fingerprint density at radius 2 is 2.31 bits per heavy atom. The lowest BCUT2D eigenvalue weighted by Crippen LogP contribution is -1.86. The summed E-state index contributed by atoms with van der Waals surface area (Å²) in [4.78, 5) is 7.62. The number of hydrogen-bond acceptors (Lipinski definition) is 2. The summed E-state index contributed by atoms with van der Waals surface area (Å²) in [6.45, 7) is 0. The summed E-state index contributed by atoms with van der Waals surface area (Å²) in [5, 5.41) is 0.919. The summed E-state index contributed by atoms with van der Waals surface area (Å²) in [7, 11) is 0. The van der Waals surface area contributed by atoms with Crippen LogP contribution in [0.5, 0.6) is 0 Å². The van der Waals surface area contributed by atoms with E-state index < -0.39 is 0 Å². The maximum Gasteiger partial charge on any atom is 0.108 e. The predicted octanol–water partition coefficient (Wildman–Crippen LogP) is 2.08. The van der Waals surface area contributed by atoms with Gasteiger partial charge in [0.1, 0.15) is 5.82 Å². The van der Waals surface area contributed by atoms with E-state index in [1.807, 2.05) is 18.2 Å². The number of nitrogens with zero attached hydrogens (tertiary/aromatic N) is 1. The molecule has 1 aromatic carbocycles. The van der Waals surface area contributed by atoms with Gasteiger partial charge in [-0.25, -0.2) is 4.98 Å². The van der Waals surface area contributed by atoms with Crippen LogP contribution >= 0.6 is 15.9 Å². The van der Waals surface area contributed by atoms with Crippen molar-refractivity contribution in [1.29, 1.82) is 0 Å². The zero-order valence-corrected chi connectivity index (χ0v) is 8.63. The van der Waals surface area contributed by atoms with Gasteiger partial charge in [-0.2, -0.15) is 0 Å². The summed E-state index contributed by atoms with van der Waals surface area (Å²) >= 11 is 3.37. The monoisotopic (exact) mass is 239 g/mol. The highest BCUT2D eigenvalue weighted by atomic mass is 79.9. The van der Waals surface area contributed by atoms with E-state index in [2.05, 4.69) is 25.9 Å². The van der Waals surface area contributed by atoms with Crippen molar-refractivity contribution in [2.75, 3.05) is 11.1 Å². The first-order chi connectivity index (χ1) is 6.29. The molecule has 3 N–H and O–H groups in total. The van der Waals surface area contributed by atoms with Crippen molar-refractivity contribution in [3.8, 4) is 0 Å². The molecule has 68 valence electrons. The summed E-state index contributed by atoms with van der Waals surface area (Å²) in [5.74, 6) is 0.998. The molecule has 0 atom stereocenters. The normalized spacial score (nSPS) is 10.8. The van der Waals surface area contributed by atoms with Crippen LogP contribution in [0.3, 0.4) is 0 Å². The minimum absolute atomic E-state index is 0.765. The Balaban J connectivity index is 2.49. The zero-order chi connectivity index (χ0) is 9.26. The molecule has 0 radical (unpaired) electrons. The maximum atomic E-state index is 5.65. The van der Waals surface area contributed by atoms with Gasteiger partial charge in [0.15, 0.2) is 0 Å². The number of rotatable bonds is 2. The first-order valence-electron chi connectivity index (χ1n) is 4.09. The van der Waals surface area contributed by atoms with Gasteiger partial charge in [-0.3, -0.25) is 0 Å². The molecule has 4 heteroatoms. The molecule has 0 aliphatic rings. The minimum atomic E-state index is 0.765. The summed E-state index contributed by atoms with van der Waals surface area (Å²) < 4.78 is 0. The van der Waals surface area contributed by atoms with Crippen molar-refractivity contribution >= 4 is 32.7 Å². The Morgan fingerprint density at radius 1 is 1.46 bits per heavy atom. The number of aromatic amines is 1. The van der Waals surface area contributed by atoms with E-state index in [9.17, 15) is 0 Å². The molecular formula is C9H10BrN3. The van der Waals surface area contributed by atoms with Crippen molar-refractivity contribution in [3.05, 3.63) is 24.0 Å². The second kappa shape index (κ2) is 3.38. The Labute approximate surface area is 84.5 Å². The molecule has 3 nitrogen and oxygen atoms in total. The van der Waals surface area contributed by atoms with Crippen LogP contribution in [0, 0.1) is 0 Å². The average molecular weight is 240 g/mol. The van der Waals surface area contributed by atoms with Gasteiger partial charge >= 0.3 is 0 Å². The number of alkyl halides is 1. The third-order valence-electron chi connectivity index (χ3n) is 1.89. The number of nitrogens with one attached hydrogen (secondary N) is 1. The van der Waals surface area contributed by atoms with Crippen LogP contribution in [0.4, 0.5) is 5.69 Å². The lowest BCUT2D eigenvalue weighted by atomic mass is 10.3. The molecule has 0 saturated heterocycles. The molecule has 1 aromatic heterocycles. The van der Waals surface area contributed by atoms with Crippen LogP contribution in [0.15, 0.2) is 18.2 Å². The van der Waals surface area contributed by atoms with E-state index in [1.165, 1.54) is 0 Å². The molecule has 0 unspecified atom stereocenters. The first-order valence-corrected chi connectivity index (χ1v) is 5.22. The van der Waals surface area contributed by atoms with Crippen LogP contribution < -0.4 is 5.73 Å². The number of anilines is 1. The Bertz CT molecular complexity index is 422. The van der Waals surface area contributed by atoms with Gasteiger partial charge in [-0.15, -0.1) is 0 Å². The van der Waals surface area contributed by atoms with Crippen LogP contribution in [0.1, 0.15) is 5.82 Å². The quantitative estimate of drug-likeness (QED) is 0.623. The van der Waals surface area contributed by atoms with E-state index in [-0.39, 0.29) is 0 Å². The fraction of sp³-hybridized carbons (Fsp3) is 0.222. The number of benzene rings is 1. The highest BCUT2D eigenvalue weighted by Crippen LogP contribution is 2.15. The predicted molar refractivity (Wildman–Crippen MR) is 58.0 cm³/mol. The molecule has 0 aliphatic heterocycles. The van der Waals surface area contributed by atoms with Crippen LogP contribution in [-0.2, 0) is 6.42 Å². The van der Waals surface area contributed by atoms with Crippen molar-refractivity contribution in [1.82, 2.24) is 9.97 Å². The van der Waals surface area contributed by atoms with Gasteiger partial charge in [0, 0.05) is 17.4 Å². The largest absolute Gasteiger partial charge is 0.399 e. The van der Waals surface area contributed by atoms with Crippen LogP contribution in [0.25, 0.3) is 11.0 Å². The van der Waals surface area contributed by atoms with Crippen molar-refractivity contribution in [2.24, 2.45) is 0 Å². The summed E-state index contributed by atoms with van der Waals surface area (Å²) in [6, 6.07) is 5.69. The molecule has 0 saturated carbocycles. The molecule has 0 bridgehead atoms. The zero-order valence-electron chi connectivity index (χ0n) is 7.05. The molecule has 2 aromatic rings. The van der Waals surface area contributed by atoms with Gasteiger partial charge in [0.25, 0.3) is 0 Å². The van der Waals surface area contributed by atoms with Crippen molar-refractivity contribution < 1.29 is 0 Å². The van der Waals surface area contributed by atoms with Gasteiger partial charge in [0.05, 0.1) is 11.0 Å². The number of nitrogen functional groups attached to an aromatic ring is 1. The summed E-state index contributed by atoms with van der Waals surface area (Å²) in [5.41, 5.74) is 8.40. The Hall–Kier alpha value is -1.03. The topological polar surface area (TPSA) is 54.7 Å². The second-order valence-electron chi connectivity index (χ2n) is 2.90. The molecule has 1 heterocycles. The lowest BCUT2D eigenvalue weighted by molar-refractivity contribution is 1.02. The molecule has 0 aliphatic carbocycles. The van der Waals surface area contributed by atoms with Crippen LogP contribution in [-0.4, -0.2) is 15.3 Å². The third-order valence-corrected chi connectivity index (χ3v) is 2.28. The number of imidazole rings is 1. The van der Waals surface area contributed by atoms with Crippen molar-refractivity contribution in [3.63, 3.8) is 0 Å². The first kappa shape index (κ1) is 8.56. The molecule has 13 heavy (non-hydrogen) atoms. The maximum absolute atomic E-state index is 5.65. The average Bonchev–Trinajstić information content (AvgIpc) is 2.46. The van der Waals surface area contributed by atoms with E-state index in [1.54, 1.807) is 0 Å². The van der Waals surface area contributed by atoms with E-state index in [4.69, 9.17) is 5.73 Å². The van der Waals surface area contributed by atoms with Gasteiger partial charge in [0.2, 0.25) is 0 Å². The van der Waals surface area contributed by atoms with Crippen LogP contribution in [0.2, 0.25) is 0 Å². The van der Waals surface area contributed by atoms with E-state index >= 15 is 0 Å². The van der Waals surface area contributed by atoms with E-state index in [0.717, 1.165) is 34.3 Å². The number of aromatic nitrogens is 2. The molecule has 0 fully saturated rings. The third kappa shape index (κ3) is 1.67. The number of halogens is 1. The van der Waals surface area contributed by atoms with Gasteiger partial charge in [-0.05, 0) is 18.2 Å². The number of nitrogens with two attached hydrogens (primary N) is 1. The highest BCUT2D eigenvalue weighted by molar-refractivity contribution is 9.09. The van der Waals surface area contributed by atoms with Gasteiger partial charge < -0.3 is 10.7 Å². The standard InChI is InChI=1S/C9H10BrN3/c10-4-3-9-12-7-2-1-6(11)5-8(7)13-9/h1-2,5H,3-4,11H2,(H,12,13). The minimum Gasteiger partial charge on any atom is -0.399 e. The molecule has 0 amide bonds. The lowest BCUT2D eigenvalue weighted by Gasteiger charge is -1.89.